The number of nitrogens with zero attached hydrogens (tertiary/aromatic N) is 4. The third kappa shape index (κ3) is 3.68. The van der Waals surface area contributed by atoms with Gasteiger partial charge in [-0.25, -0.2) is 0 Å². The van der Waals surface area contributed by atoms with Gasteiger partial charge in [0, 0.05) is 43.5 Å². The van der Waals surface area contributed by atoms with Gasteiger partial charge in [0.2, 0.25) is 12.2 Å². The smallest absolute Gasteiger partial charge is 0.295 e. The zero-order chi connectivity index (χ0) is 23.7. The maximum absolute atomic E-state index is 13.2. The van der Waals surface area contributed by atoms with Gasteiger partial charge in [0.1, 0.15) is 5.75 Å². The molecule has 2 aromatic heterocycles. The molecule has 0 atom stereocenters. The van der Waals surface area contributed by atoms with Crippen molar-refractivity contribution in [2.45, 2.75) is 0 Å². The number of ether oxygens (including phenoxy) is 1. The molecule has 2 amide bonds. The van der Waals surface area contributed by atoms with Crippen LogP contribution in [0.4, 0.5) is 0 Å². The van der Waals surface area contributed by atoms with Crippen LogP contribution >= 0.6 is 0 Å². The van der Waals surface area contributed by atoms with Crippen LogP contribution in [0.15, 0.2) is 59.6 Å². The molecule has 0 unspecified atom stereocenters. The van der Waals surface area contributed by atoms with Gasteiger partial charge in [-0.2, -0.15) is 4.98 Å². The van der Waals surface area contributed by atoms with Crippen LogP contribution in [0.1, 0.15) is 20.7 Å². The predicted octanol–water partition coefficient (Wildman–Crippen LogP) is 2.39. The first-order valence-corrected chi connectivity index (χ1v) is 10.7. The zero-order valence-corrected chi connectivity index (χ0v) is 18.4. The number of fused-ring (bicyclic) bond motifs is 1. The number of carbonyl (C=O) groups excluding carboxylic acids is 3. The molecule has 5 rings (SSSR count). The van der Waals surface area contributed by atoms with Gasteiger partial charge < -0.3 is 24.0 Å². The SMILES string of the molecule is COc1ccc(-c2ncon2)c2[nH]cc(C(=O)C(=O)N3CCN(C(=O)c4ccccc4)CC3)c12. The van der Waals surface area contributed by atoms with Gasteiger partial charge in [0.05, 0.1) is 23.6 Å². The number of nitrogens with one attached hydrogen (secondary N) is 1. The summed E-state index contributed by atoms with van der Waals surface area (Å²) in [4.78, 5) is 49.3. The van der Waals surface area contributed by atoms with Crippen molar-refractivity contribution in [1.29, 1.82) is 0 Å². The molecule has 2 aromatic carbocycles. The van der Waals surface area contributed by atoms with E-state index in [4.69, 9.17) is 9.26 Å². The lowest BCUT2D eigenvalue weighted by atomic mass is 10.0. The molecule has 34 heavy (non-hydrogen) atoms. The Morgan fingerprint density at radius 1 is 1.00 bits per heavy atom. The standard InChI is InChI=1S/C24H21N5O5/c1-33-18-8-7-16(22-26-14-34-27-22)20-19(18)17(13-25-20)21(30)24(32)29-11-9-28(10-12-29)23(31)15-5-3-2-4-6-15/h2-8,13-14,25H,9-12H2,1H3. The average molecular weight is 459 g/mol. The van der Waals surface area contributed by atoms with Gasteiger partial charge in [0.15, 0.2) is 0 Å². The Morgan fingerprint density at radius 2 is 1.74 bits per heavy atom. The summed E-state index contributed by atoms with van der Waals surface area (Å²) in [6, 6.07) is 12.4. The summed E-state index contributed by atoms with van der Waals surface area (Å²) in [6.07, 6.45) is 2.71. The van der Waals surface area contributed by atoms with Gasteiger partial charge >= 0.3 is 0 Å². The van der Waals surface area contributed by atoms with Crippen LogP contribution in [0, 0.1) is 0 Å². The monoisotopic (exact) mass is 459 g/mol. The number of hydrogen-bond donors (Lipinski definition) is 1. The van der Waals surface area contributed by atoms with Crippen LogP contribution in [-0.2, 0) is 4.79 Å². The number of hydrogen-bond acceptors (Lipinski definition) is 7. The molecular formula is C24H21N5O5. The molecule has 1 aliphatic heterocycles. The van der Waals surface area contributed by atoms with Crippen molar-refractivity contribution in [2.24, 2.45) is 0 Å². The Bertz CT molecular complexity index is 1360. The predicted molar refractivity (Wildman–Crippen MR) is 121 cm³/mol. The normalized spacial score (nSPS) is 13.8. The minimum absolute atomic E-state index is 0.0885. The fraction of sp³-hybridized carbons (Fsp3) is 0.208. The van der Waals surface area contributed by atoms with Crippen LogP contribution in [0.3, 0.4) is 0 Å². The highest BCUT2D eigenvalue weighted by molar-refractivity contribution is 6.45. The van der Waals surface area contributed by atoms with Gasteiger partial charge in [-0.15, -0.1) is 0 Å². The van der Waals surface area contributed by atoms with Gasteiger partial charge in [-0.3, -0.25) is 14.4 Å². The lowest BCUT2D eigenvalue weighted by Gasteiger charge is -2.34. The summed E-state index contributed by atoms with van der Waals surface area (Å²) < 4.78 is 10.3. The molecule has 0 bridgehead atoms. The number of H-pyrrole nitrogens is 1. The summed E-state index contributed by atoms with van der Waals surface area (Å²) in [6.45, 7) is 1.26. The van der Waals surface area contributed by atoms with Crippen LogP contribution in [0.2, 0.25) is 0 Å². The number of benzene rings is 2. The van der Waals surface area contributed by atoms with Crippen molar-refractivity contribution in [2.75, 3.05) is 33.3 Å². The number of methoxy groups -OCH3 is 1. The summed E-state index contributed by atoms with van der Waals surface area (Å²) in [7, 11) is 1.49. The fourth-order valence-corrected chi connectivity index (χ4v) is 4.18. The molecule has 4 aromatic rings. The first kappa shape index (κ1) is 21.4. The minimum Gasteiger partial charge on any atom is -0.496 e. The quantitative estimate of drug-likeness (QED) is 0.359. The lowest BCUT2D eigenvalue weighted by Crippen LogP contribution is -2.52. The maximum Gasteiger partial charge on any atom is 0.295 e. The van der Waals surface area contributed by atoms with Gasteiger partial charge in [-0.05, 0) is 24.3 Å². The molecular weight excluding hydrogens is 438 g/mol. The largest absolute Gasteiger partial charge is 0.496 e. The first-order valence-electron chi connectivity index (χ1n) is 10.7. The second-order valence-corrected chi connectivity index (χ2v) is 7.80. The number of rotatable bonds is 5. The maximum atomic E-state index is 13.2. The van der Waals surface area contributed by atoms with Crippen molar-refractivity contribution < 1.29 is 23.6 Å². The molecule has 1 N–H and O–H groups in total. The Morgan fingerprint density at radius 3 is 2.41 bits per heavy atom. The molecule has 1 fully saturated rings. The molecule has 172 valence electrons. The van der Waals surface area contributed by atoms with E-state index in [1.807, 2.05) is 18.2 Å². The minimum atomic E-state index is -0.655. The van der Waals surface area contributed by atoms with Crippen molar-refractivity contribution in [1.82, 2.24) is 24.9 Å². The second-order valence-electron chi connectivity index (χ2n) is 7.80. The Hall–Kier alpha value is -4.47. The summed E-state index contributed by atoms with van der Waals surface area (Å²) in [5, 5.41) is 4.33. The van der Waals surface area contributed by atoms with E-state index in [9.17, 15) is 14.4 Å². The molecule has 0 saturated carbocycles. The molecule has 1 saturated heterocycles. The molecule has 3 heterocycles. The van der Waals surface area contributed by atoms with Gasteiger partial charge in [0.25, 0.3) is 17.6 Å². The Kier molecular flexibility index (Phi) is 5.54. The van der Waals surface area contributed by atoms with E-state index in [2.05, 4.69) is 15.1 Å². The second kappa shape index (κ2) is 8.81. The number of Topliss-reactive ketones (excluding diaryl/α,β-unsaturated/α-hetero) is 1. The molecule has 0 aliphatic carbocycles. The Balaban J connectivity index is 1.36. The average Bonchev–Trinajstić information content (AvgIpc) is 3.58. The number of carbonyl (C=O) groups is 3. The van der Waals surface area contributed by atoms with Gasteiger partial charge in [-0.1, -0.05) is 23.4 Å². The van der Waals surface area contributed by atoms with E-state index >= 15 is 0 Å². The van der Waals surface area contributed by atoms with Crippen LogP contribution in [0.25, 0.3) is 22.3 Å². The highest BCUT2D eigenvalue weighted by Gasteiger charge is 2.31. The highest BCUT2D eigenvalue weighted by atomic mass is 16.5. The Labute approximate surface area is 194 Å². The number of aromatic amines is 1. The lowest BCUT2D eigenvalue weighted by molar-refractivity contribution is -0.127. The third-order valence-corrected chi connectivity index (χ3v) is 5.93. The third-order valence-electron chi connectivity index (χ3n) is 5.93. The molecule has 0 radical (unpaired) electrons. The van der Waals surface area contributed by atoms with Crippen LogP contribution in [-0.4, -0.2) is 75.8 Å². The number of amides is 2. The summed E-state index contributed by atoms with van der Waals surface area (Å²) >= 11 is 0. The first-order chi connectivity index (χ1) is 16.6. The van der Waals surface area contributed by atoms with E-state index in [1.54, 1.807) is 29.2 Å². The van der Waals surface area contributed by atoms with E-state index in [-0.39, 0.29) is 24.6 Å². The number of ketones is 1. The van der Waals surface area contributed by atoms with Crippen molar-refractivity contribution in [3.8, 4) is 17.1 Å². The van der Waals surface area contributed by atoms with E-state index in [0.29, 0.717) is 46.7 Å². The molecule has 0 spiro atoms. The van der Waals surface area contributed by atoms with Crippen LogP contribution in [0.5, 0.6) is 5.75 Å². The van der Waals surface area contributed by atoms with Crippen LogP contribution < -0.4 is 4.74 Å². The molecule has 1 aliphatic rings. The zero-order valence-electron chi connectivity index (χ0n) is 18.4. The van der Waals surface area contributed by atoms with E-state index in [0.717, 1.165) is 0 Å². The van der Waals surface area contributed by atoms with Crippen molar-refractivity contribution in [3.05, 3.63) is 66.2 Å². The van der Waals surface area contributed by atoms with E-state index < -0.39 is 11.7 Å². The number of aromatic nitrogens is 3. The summed E-state index contributed by atoms with van der Waals surface area (Å²) in [5.74, 6) is -0.580. The highest BCUT2D eigenvalue weighted by Crippen LogP contribution is 2.35. The van der Waals surface area contributed by atoms with E-state index in [1.165, 1.54) is 24.6 Å². The topological polar surface area (TPSA) is 122 Å². The van der Waals surface area contributed by atoms with Crippen molar-refractivity contribution in [3.63, 3.8) is 0 Å². The summed E-state index contributed by atoms with van der Waals surface area (Å²) in [5.41, 5.74) is 1.98. The number of piperazine rings is 1. The molecule has 10 heteroatoms. The molecule has 10 nitrogen and oxygen atoms in total. The van der Waals surface area contributed by atoms with Crippen molar-refractivity contribution >= 4 is 28.5 Å². The fourth-order valence-electron chi connectivity index (χ4n) is 4.18.